The van der Waals surface area contributed by atoms with Gasteiger partial charge in [-0.1, -0.05) is 0 Å². The standard InChI is InChI=1S/C12H17N3O2S/c1-7-10(18-6-14-7)5-13-11(16)8-4-9(8)12(17)15(2)3/h6,8-9H,4-5H2,1-3H3,(H,13,16)/t8-,9+/m0/s1. The van der Waals surface area contributed by atoms with Crippen LogP contribution in [0.2, 0.25) is 0 Å². The van der Waals surface area contributed by atoms with E-state index in [-0.39, 0.29) is 23.7 Å². The molecule has 5 nitrogen and oxygen atoms in total. The summed E-state index contributed by atoms with van der Waals surface area (Å²) in [5, 5.41) is 2.87. The Kier molecular flexibility index (Phi) is 3.65. The Morgan fingerprint density at radius 3 is 2.78 bits per heavy atom. The molecule has 2 rings (SSSR count). The molecule has 1 aromatic heterocycles. The van der Waals surface area contributed by atoms with E-state index in [4.69, 9.17) is 0 Å². The first kappa shape index (κ1) is 13.0. The van der Waals surface area contributed by atoms with E-state index in [1.807, 2.05) is 6.92 Å². The lowest BCUT2D eigenvalue weighted by atomic mass is 10.2. The van der Waals surface area contributed by atoms with E-state index in [2.05, 4.69) is 10.3 Å². The molecule has 1 N–H and O–H groups in total. The van der Waals surface area contributed by atoms with E-state index < -0.39 is 0 Å². The van der Waals surface area contributed by atoms with Crippen LogP contribution in [0.3, 0.4) is 0 Å². The van der Waals surface area contributed by atoms with Gasteiger partial charge in [-0.05, 0) is 13.3 Å². The van der Waals surface area contributed by atoms with Crippen molar-refractivity contribution in [1.29, 1.82) is 0 Å². The molecule has 0 aliphatic heterocycles. The molecular weight excluding hydrogens is 250 g/mol. The fourth-order valence-corrected chi connectivity index (χ4v) is 2.60. The zero-order valence-electron chi connectivity index (χ0n) is 10.8. The van der Waals surface area contributed by atoms with E-state index in [1.165, 1.54) is 11.3 Å². The average Bonchev–Trinajstić information content (AvgIpc) is 3.02. The number of hydrogen-bond acceptors (Lipinski definition) is 4. The highest BCUT2D eigenvalue weighted by Gasteiger charge is 2.48. The Balaban J connectivity index is 1.81. The van der Waals surface area contributed by atoms with Gasteiger partial charge in [-0.2, -0.15) is 0 Å². The van der Waals surface area contributed by atoms with Crippen molar-refractivity contribution in [2.75, 3.05) is 14.1 Å². The molecule has 1 aliphatic rings. The third-order valence-corrected chi connectivity index (χ3v) is 4.09. The number of aromatic nitrogens is 1. The first-order valence-electron chi connectivity index (χ1n) is 5.88. The molecule has 1 fully saturated rings. The topological polar surface area (TPSA) is 62.3 Å². The molecule has 6 heteroatoms. The molecule has 1 saturated carbocycles. The van der Waals surface area contributed by atoms with Gasteiger partial charge in [0.15, 0.2) is 0 Å². The Labute approximate surface area is 110 Å². The number of aryl methyl sites for hydroxylation is 1. The quantitative estimate of drug-likeness (QED) is 0.877. The van der Waals surface area contributed by atoms with E-state index in [9.17, 15) is 9.59 Å². The Hall–Kier alpha value is -1.43. The van der Waals surface area contributed by atoms with Crippen molar-refractivity contribution in [3.63, 3.8) is 0 Å². The number of rotatable bonds is 4. The summed E-state index contributed by atoms with van der Waals surface area (Å²) < 4.78 is 0. The van der Waals surface area contributed by atoms with Crippen molar-refractivity contribution in [1.82, 2.24) is 15.2 Å². The van der Waals surface area contributed by atoms with Crippen molar-refractivity contribution < 1.29 is 9.59 Å². The summed E-state index contributed by atoms with van der Waals surface area (Å²) in [6, 6.07) is 0. The third kappa shape index (κ3) is 2.69. The molecule has 0 aromatic carbocycles. The summed E-state index contributed by atoms with van der Waals surface area (Å²) in [7, 11) is 3.44. The second-order valence-corrected chi connectivity index (χ2v) is 5.70. The van der Waals surface area contributed by atoms with Gasteiger partial charge < -0.3 is 10.2 Å². The summed E-state index contributed by atoms with van der Waals surface area (Å²) in [5.74, 6) is -0.247. The number of hydrogen-bond donors (Lipinski definition) is 1. The predicted octanol–water partition coefficient (Wildman–Crippen LogP) is 0.792. The Morgan fingerprint density at radius 2 is 2.22 bits per heavy atom. The molecule has 1 aliphatic carbocycles. The van der Waals surface area contributed by atoms with Gasteiger partial charge >= 0.3 is 0 Å². The second kappa shape index (κ2) is 5.06. The van der Waals surface area contributed by atoms with E-state index in [1.54, 1.807) is 24.5 Å². The molecule has 0 unspecified atom stereocenters. The average molecular weight is 267 g/mol. The first-order valence-corrected chi connectivity index (χ1v) is 6.76. The van der Waals surface area contributed by atoms with Gasteiger partial charge in [0.2, 0.25) is 11.8 Å². The lowest BCUT2D eigenvalue weighted by molar-refractivity contribution is -0.132. The number of nitrogens with zero attached hydrogens (tertiary/aromatic N) is 2. The van der Waals surface area contributed by atoms with Crippen LogP contribution in [0.1, 0.15) is 17.0 Å². The molecule has 0 bridgehead atoms. The molecular formula is C12H17N3O2S. The van der Waals surface area contributed by atoms with Crippen LogP contribution < -0.4 is 5.32 Å². The van der Waals surface area contributed by atoms with Gasteiger partial charge in [-0.25, -0.2) is 4.98 Å². The minimum atomic E-state index is -0.145. The molecule has 18 heavy (non-hydrogen) atoms. The zero-order chi connectivity index (χ0) is 13.3. The highest BCUT2D eigenvalue weighted by atomic mass is 32.1. The smallest absolute Gasteiger partial charge is 0.225 e. The van der Waals surface area contributed by atoms with Crippen molar-refractivity contribution in [3.8, 4) is 0 Å². The van der Waals surface area contributed by atoms with Gasteiger partial charge in [-0.15, -0.1) is 11.3 Å². The summed E-state index contributed by atoms with van der Waals surface area (Å²) in [5.41, 5.74) is 2.73. The maximum absolute atomic E-state index is 11.9. The summed E-state index contributed by atoms with van der Waals surface area (Å²) >= 11 is 1.53. The maximum atomic E-state index is 11.9. The van der Waals surface area contributed by atoms with Crippen LogP contribution in [0, 0.1) is 18.8 Å². The van der Waals surface area contributed by atoms with Crippen LogP contribution in [0.4, 0.5) is 0 Å². The highest BCUT2D eigenvalue weighted by molar-refractivity contribution is 7.09. The fourth-order valence-electron chi connectivity index (χ4n) is 1.88. The molecule has 0 radical (unpaired) electrons. The first-order chi connectivity index (χ1) is 8.50. The molecule has 1 aromatic rings. The second-order valence-electron chi connectivity index (χ2n) is 4.76. The largest absolute Gasteiger partial charge is 0.351 e. The molecule has 0 spiro atoms. The van der Waals surface area contributed by atoms with Crippen LogP contribution in [0.25, 0.3) is 0 Å². The minimum Gasteiger partial charge on any atom is -0.351 e. The van der Waals surface area contributed by atoms with Gasteiger partial charge in [-0.3, -0.25) is 9.59 Å². The van der Waals surface area contributed by atoms with Gasteiger partial charge in [0.1, 0.15) is 0 Å². The summed E-state index contributed by atoms with van der Waals surface area (Å²) in [6.07, 6.45) is 0.671. The lowest BCUT2D eigenvalue weighted by Crippen LogP contribution is -2.29. The molecule has 2 atom stereocenters. The lowest BCUT2D eigenvalue weighted by Gasteiger charge is -2.09. The summed E-state index contributed by atoms with van der Waals surface area (Å²) in [6.45, 7) is 2.43. The third-order valence-electron chi connectivity index (χ3n) is 3.15. The predicted molar refractivity (Wildman–Crippen MR) is 69.0 cm³/mol. The fraction of sp³-hybridized carbons (Fsp3) is 0.583. The van der Waals surface area contributed by atoms with Crippen LogP contribution in [0.15, 0.2) is 5.51 Å². The monoisotopic (exact) mass is 267 g/mol. The number of nitrogens with one attached hydrogen (secondary N) is 1. The van der Waals surface area contributed by atoms with Crippen LogP contribution in [-0.2, 0) is 16.1 Å². The Bertz CT molecular complexity index is 470. The number of thiazole rings is 1. The van der Waals surface area contributed by atoms with Crippen LogP contribution in [-0.4, -0.2) is 35.8 Å². The number of carbonyl (C=O) groups is 2. The number of amides is 2. The van der Waals surface area contributed by atoms with Crippen molar-refractivity contribution >= 4 is 23.2 Å². The van der Waals surface area contributed by atoms with Gasteiger partial charge in [0, 0.05) is 19.0 Å². The van der Waals surface area contributed by atoms with E-state index in [0.29, 0.717) is 13.0 Å². The SMILES string of the molecule is Cc1ncsc1CNC(=O)[C@H]1C[C@H]1C(=O)N(C)C. The Morgan fingerprint density at radius 1 is 1.50 bits per heavy atom. The molecule has 2 amide bonds. The summed E-state index contributed by atoms with van der Waals surface area (Å²) in [4.78, 5) is 30.2. The highest BCUT2D eigenvalue weighted by Crippen LogP contribution is 2.39. The minimum absolute atomic E-state index is 0.0250. The van der Waals surface area contributed by atoms with Crippen LogP contribution in [0.5, 0.6) is 0 Å². The van der Waals surface area contributed by atoms with Crippen molar-refractivity contribution in [3.05, 3.63) is 16.1 Å². The molecule has 1 heterocycles. The van der Waals surface area contributed by atoms with Crippen LogP contribution >= 0.6 is 11.3 Å². The number of carbonyl (C=O) groups excluding carboxylic acids is 2. The normalized spacial score (nSPS) is 21.5. The molecule has 98 valence electrons. The van der Waals surface area contributed by atoms with E-state index >= 15 is 0 Å². The molecule has 0 saturated heterocycles. The van der Waals surface area contributed by atoms with Crippen molar-refractivity contribution in [2.45, 2.75) is 19.9 Å². The van der Waals surface area contributed by atoms with Crippen molar-refractivity contribution in [2.24, 2.45) is 11.8 Å². The zero-order valence-corrected chi connectivity index (χ0v) is 11.6. The van der Waals surface area contributed by atoms with Gasteiger partial charge in [0.05, 0.1) is 29.6 Å². The maximum Gasteiger partial charge on any atom is 0.225 e. The van der Waals surface area contributed by atoms with E-state index in [0.717, 1.165) is 10.6 Å². The van der Waals surface area contributed by atoms with Gasteiger partial charge in [0.25, 0.3) is 0 Å².